The van der Waals surface area contributed by atoms with Crippen molar-refractivity contribution in [2.75, 3.05) is 0 Å². The Hall–Kier alpha value is -1.94. The fourth-order valence-corrected chi connectivity index (χ4v) is 2.88. The van der Waals surface area contributed by atoms with Gasteiger partial charge in [-0.15, -0.1) is 21.5 Å². The van der Waals surface area contributed by atoms with Crippen LogP contribution >= 0.6 is 11.3 Å². The van der Waals surface area contributed by atoms with Gasteiger partial charge in [-0.05, 0) is 37.6 Å². The first kappa shape index (κ1) is 11.2. The highest BCUT2D eigenvalue weighted by Crippen LogP contribution is 2.30. The molecule has 4 heteroatoms. The number of aromatic nitrogens is 3. The number of hydrogen-bond donors (Lipinski definition) is 0. The summed E-state index contributed by atoms with van der Waals surface area (Å²) in [4.78, 5) is 2.49. The summed E-state index contributed by atoms with van der Waals surface area (Å²) in [6.07, 6.45) is 1.76. The van der Waals surface area contributed by atoms with Gasteiger partial charge in [-0.2, -0.15) is 0 Å². The molecular weight excluding hydrogens is 242 g/mol. The molecule has 0 aliphatic carbocycles. The lowest BCUT2D eigenvalue weighted by Gasteiger charge is -2.04. The first-order chi connectivity index (χ1) is 8.75. The third-order valence-corrected chi connectivity index (χ3v) is 4.12. The molecule has 0 fully saturated rings. The molecule has 0 bridgehead atoms. The summed E-state index contributed by atoms with van der Waals surface area (Å²) in [5, 5.41) is 8.27. The molecule has 0 aliphatic rings. The lowest BCUT2D eigenvalue weighted by Crippen LogP contribution is -1.94. The van der Waals surface area contributed by atoms with Crippen molar-refractivity contribution in [1.29, 1.82) is 0 Å². The van der Waals surface area contributed by atoms with E-state index in [0.717, 1.165) is 16.4 Å². The van der Waals surface area contributed by atoms with Crippen molar-refractivity contribution in [3.05, 3.63) is 53.2 Å². The van der Waals surface area contributed by atoms with E-state index in [1.807, 2.05) is 22.8 Å². The van der Waals surface area contributed by atoms with Gasteiger partial charge < -0.3 is 0 Å². The Labute approximate surface area is 110 Å². The van der Waals surface area contributed by atoms with Crippen molar-refractivity contribution in [1.82, 2.24) is 14.8 Å². The van der Waals surface area contributed by atoms with Gasteiger partial charge in [0.15, 0.2) is 5.82 Å². The van der Waals surface area contributed by atoms with Crippen molar-refractivity contribution in [3.8, 4) is 16.4 Å². The maximum Gasteiger partial charge on any atom is 0.178 e. The van der Waals surface area contributed by atoms with Crippen LogP contribution in [0.3, 0.4) is 0 Å². The molecule has 3 aromatic rings. The van der Waals surface area contributed by atoms with Crippen LogP contribution in [0.2, 0.25) is 0 Å². The molecule has 0 aliphatic heterocycles. The smallest absolute Gasteiger partial charge is 0.178 e. The predicted molar refractivity (Wildman–Crippen MR) is 74.1 cm³/mol. The van der Waals surface area contributed by atoms with Gasteiger partial charge in [-0.1, -0.05) is 18.2 Å². The van der Waals surface area contributed by atoms with Crippen LogP contribution in [0.1, 0.15) is 10.4 Å². The minimum Gasteiger partial charge on any atom is -0.281 e. The summed E-state index contributed by atoms with van der Waals surface area (Å²) < 4.78 is 2.02. The van der Waals surface area contributed by atoms with Gasteiger partial charge in [-0.3, -0.25) is 4.57 Å². The van der Waals surface area contributed by atoms with E-state index in [-0.39, 0.29) is 0 Å². The highest BCUT2D eigenvalue weighted by molar-refractivity contribution is 7.15. The number of hydrogen-bond acceptors (Lipinski definition) is 3. The minimum absolute atomic E-state index is 0.905. The number of thiophene rings is 1. The van der Waals surface area contributed by atoms with Crippen LogP contribution in [0.15, 0.2) is 42.7 Å². The molecule has 3 nitrogen and oxygen atoms in total. The summed E-state index contributed by atoms with van der Waals surface area (Å²) >= 11 is 1.76. The average Bonchev–Trinajstić information content (AvgIpc) is 2.98. The molecule has 0 N–H and O–H groups in total. The molecule has 0 atom stereocenters. The normalized spacial score (nSPS) is 10.8. The van der Waals surface area contributed by atoms with E-state index in [1.165, 1.54) is 10.4 Å². The van der Waals surface area contributed by atoms with Crippen LogP contribution in [-0.4, -0.2) is 14.8 Å². The fraction of sp³-hybridized carbons (Fsp3) is 0.143. The molecule has 0 radical (unpaired) electrons. The van der Waals surface area contributed by atoms with Crippen LogP contribution in [0, 0.1) is 13.8 Å². The Morgan fingerprint density at radius 3 is 2.56 bits per heavy atom. The quantitative estimate of drug-likeness (QED) is 0.700. The lowest BCUT2D eigenvalue weighted by molar-refractivity contribution is 1.07. The summed E-state index contributed by atoms with van der Waals surface area (Å²) in [6, 6.07) is 12.3. The van der Waals surface area contributed by atoms with E-state index in [4.69, 9.17) is 0 Å². The number of aryl methyl sites for hydroxylation is 2. The maximum absolute atomic E-state index is 4.24. The van der Waals surface area contributed by atoms with E-state index in [0.29, 0.717) is 0 Å². The van der Waals surface area contributed by atoms with Crippen molar-refractivity contribution in [2.24, 2.45) is 0 Å². The van der Waals surface area contributed by atoms with Gasteiger partial charge in [0.1, 0.15) is 6.33 Å². The van der Waals surface area contributed by atoms with Crippen LogP contribution < -0.4 is 0 Å². The zero-order chi connectivity index (χ0) is 12.5. The third kappa shape index (κ3) is 1.84. The van der Waals surface area contributed by atoms with E-state index in [9.17, 15) is 0 Å². The summed E-state index contributed by atoms with van der Waals surface area (Å²) in [5.74, 6) is 0.905. The number of nitrogens with zero attached hydrogens (tertiary/aromatic N) is 3. The molecule has 90 valence electrons. The minimum atomic E-state index is 0.905. The highest BCUT2D eigenvalue weighted by atomic mass is 32.1. The standard InChI is InChI=1S/C14H13N3S/c1-10-8-13(18-11(10)2)14-16-15-9-17(14)12-6-4-3-5-7-12/h3-9H,1-2H3. The van der Waals surface area contributed by atoms with Crippen molar-refractivity contribution < 1.29 is 0 Å². The van der Waals surface area contributed by atoms with E-state index >= 15 is 0 Å². The lowest BCUT2D eigenvalue weighted by atomic mass is 10.2. The Morgan fingerprint density at radius 1 is 1.11 bits per heavy atom. The van der Waals surface area contributed by atoms with Crippen molar-refractivity contribution in [2.45, 2.75) is 13.8 Å². The number of rotatable bonds is 2. The summed E-state index contributed by atoms with van der Waals surface area (Å²) in [5.41, 5.74) is 2.39. The second-order valence-corrected chi connectivity index (χ2v) is 5.47. The molecular formula is C14H13N3S. The Morgan fingerprint density at radius 2 is 1.89 bits per heavy atom. The van der Waals surface area contributed by atoms with Gasteiger partial charge >= 0.3 is 0 Å². The Bertz CT molecular complexity index is 648. The van der Waals surface area contributed by atoms with Crippen molar-refractivity contribution in [3.63, 3.8) is 0 Å². The SMILES string of the molecule is Cc1cc(-c2nncn2-c2ccccc2)sc1C. The van der Waals surface area contributed by atoms with Crippen LogP contribution in [-0.2, 0) is 0 Å². The molecule has 0 unspecified atom stereocenters. The zero-order valence-corrected chi connectivity index (χ0v) is 11.1. The van der Waals surface area contributed by atoms with E-state index < -0.39 is 0 Å². The highest BCUT2D eigenvalue weighted by Gasteiger charge is 2.12. The maximum atomic E-state index is 4.24. The van der Waals surface area contributed by atoms with Crippen LogP contribution in [0.4, 0.5) is 0 Å². The monoisotopic (exact) mass is 255 g/mol. The van der Waals surface area contributed by atoms with Crippen LogP contribution in [0.5, 0.6) is 0 Å². The first-order valence-corrected chi connectivity index (χ1v) is 6.60. The zero-order valence-electron chi connectivity index (χ0n) is 10.3. The Kier molecular flexibility index (Phi) is 2.72. The predicted octanol–water partition coefficient (Wildman–Crippen LogP) is 3.61. The second-order valence-electron chi connectivity index (χ2n) is 4.21. The first-order valence-electron chi connectivity index (χ1n) is 5.78. The molecule has 0 saturated carbocycles. The molecule has 3 rings (SSSR count). The summed E-state index contributed by atoms with van der Waals surface area (Å²) in [7, 11) is 0. The number of para-hydroxylation sites is 1. The summed E-state index contributed by atoms with van der Waals surface area (Å²) in [6.45, 7) is 4.26. The Balaban J connectivity index is 2.12. The van der Waals surface area contributed by atoms with Gasteiger partial charge in [0.2, 0.25) is 0 Å². The molecule has 0 amide bonds. The van der Waals surface area contributed by atoms with Gasteiger partial charge in [0.05, 0.1) is 4.88 Å². The van der Waals surface area contributed by atoms with Gasteiger partial charge in [-0.25, -0.2) is 0 Å². The molecule has 2 heterocycles. The van der Waals surface area contributed by atoms with Gasteiger partial charge in [0.25, 0.3) is 0 Å². The molecule has 18 heavy (non-hydrogen) atoms. The molecule has 2 aromatic heterocycles. The molecule has 1 aromatic carbocycles. The third-order valence-electron chi connectivity index (χ3n) is 2.97. The fourth-order valence-electron chi connectivity index (χ4n) is 1.86. The molecule has 0 spiro atoms. The second kappa shape index (κ2) is 4.38. The molecule has 0 saturated heterocycles. The largest absolute Gasteiger partial charge is 0.281 e. The average molecular weight is 255 g/mol. The van der Waals surface area contributed by atoms with Crippen molar-refractivity contribution >= 4 is 11.3 Å². The van der Waals surface area contributed by atoms with E-state index in [2.05, 4.69) is 42.2 Å². The topological polar surface area (TPSA) is 30.7 Å². The van der Waals surface area contributed by atoms with Crippen LogP contribution in [0.25, 0.3) is 16.4 Å². The van der Waals surface area contributed by atoms with E-state index in [1.54, 1.807) is 17.7 Å². The number of benzene rings is 1. The van der Waals surface area contributed by atoms with Gasteiger partial charge in [0, 0.05) is 10.6 Å².